The van der Waals surface area contributed by atoms with Crippen molar-refractivity contribution < 1.29 is 0 Å². The lowest BCUT2D eigenvalue weighted by atomic mass is 9.90. The molecule has 0 aliphatic carbocycles. The van der Waals surface area contributed by atoms with Crippen LogP contribution in [0.1, 0.15) is 37.0 Å². The molecular weight excluding hydrogens is 290 g/mol. The zero-order valence-electron chi connectivity index (χ0n) is 13.3. The van der Waals surface area contributed by atoms with Crippen LogP contribution in [-0.4, -0.2) is 9.38 Å². The summed E-state index contributed by atoms with van der Waals surface area (Å²) in [6, 6.07) is 12.6. The zero-order valence-corrected chi connectivity index (χ0v) is 14.2. The van der Waals surface area contributed by atoms with E-state index in [0.29, 0.717) is 6.42 Å². The summed E-state index contributed by atoms with van der Waals surface area (Å²) in [5.41, 5.74) is 4.31. The largest absolute Gasteiger partial charge is 0.286 e. The Morgan fingerprint density at radius 3 is 2.50 bits per heavy atom. The second-order valence-corrected chi connectivity index (χ2v) is 7.66. The van der Waals surface area contributed by atoms with Crippen LogP contribution in [0, 0.1) is 18.3 Å². The fraction of sp³-hybridized carbons (Fsp3) is 0.333. The van der Waals surface area contributed by atoms with Crippen LogP contribution >= 0.6 is 11.3 Å². The standard InChI is InChI=1S/C18H19N3S/c1-12-15(13-8-6-5-7-9-13)21-14(10-11-19)16(18(2,3)4)20-17(21)22-12/h5-9H,10H2,1-4H3. The van der Waals surface area contributed by atoms with E-state index in [1.54, 1.807) is 11.3 Å². The molecule has 0 amide bonds. The Bertz CT molecular complexity index is 858. The van der Waals surface area contributed by atoms with Gasteiger partial charge in [0.25, 0.3) is 0 Å². The first-order chi connectivity index (χ1) is 10.4. The van der Waals surface area contributed by atoms with Crippen molar-refractivity contribution >= 4 is 16.3 Å². The van der Waals surface area contributed by atoms with Gasteiger partial charge in [0, 0.05) is 10.3 Å². The number of imidazole rings is 1. The molecule has 22 heavy (non-hydrogen) atoms. The first-order valence-corrected chi connectivity index (χ1v) is 8.18. The number of rotatable bonds is 2. The van der Waals surface area contributed by atoms with Crippen molar-refractivity contribution in [2.24, 2.45) is 0 Å². The molecule has 2 aromatic heterocycles. The number of benzene rings is 1. The quantitative estimate of drug-likeness (QED) is 0.686. The Kier molecular flexibility index (Phi) is 3.54. The van der Waals surface area contributed by atoms with E-state index in [9.17, 15) is 5.26 Å². The zero-order chi connectivity index (χ0) is 15.9. The average Bonchev–Trinajstić information content (AvgIpc) is 2.96. The topological polar surface area (TPSA) is 41.1 Å². The Morgan fingerprint density at radius 2 is 1.91 bits per heavy atom. The highest BCUT2D eigenvalue weighted by Gasteiger charge is 2.26. The molecule has 0 bridgehead atoms. The highest BCUT2D eigenvalue weighted by Crippen LogP contribution is 2.36. The molecule has 0 radical (unpaired) electrons. The summed E-state index contributed by atoms with van der Waals surface area (Å²) in [4.78, 5) is 7.05. The second kappa shape index (κ2) is 5.26. The van der Waals surface area contributed by atoms with E-state index in [0.717, 1.165) is 22.0 Å². The summed E-state index contributed by atoms with van der Waals surface area (Å²) >= 11 is 1.69. The highest BCUT2D eigenvalue weighted by atomic mass is 32.1. The minimum atomic E-state index is -0.0697. The first kappa shape index (κ1) is 14.8. The van der Waals surface area contributed by atoms with Crippen LogP contribution in [0.3, 0.4) is 0 Å². The fourth-order valence-electron chi connectivity index (χ4n) is 2.84. The minimum absolute atomic E-state index is 0.0697. The fourth-order valence-corrected chi connectivity index (χ4v) is 3.85. The molecule has 0 aliphatic rings. The third-order valence-corrected chi connectivity index (χ3v) is 4.70. The molecule has 3 rings (SSSR count). The second-order valence-electron chi connectivity index (χ2n) is 6.48. The van der Waals surface area contributed by atoms with Crippen LogP contribution in [-0.2, 0) is 11.8 Å². The van der Waals surface area contributed by atoms with Gasteiger partial charge in [-0.05, 0) is 12.5 Å². The predicted molar refractivity (Wildman–Crippen MR) is 91.3 cm³/mol. The molecule has 0 N–H and O–H groups in total. The maximum absolute atomic E-state index is 9.27. The van der Waals surface area contributed by atoms with Crippen LogP contribution in [0.2, 0.25) is 0 Å². The highest BCUT2D eigenvalue weighted by molar-refractivity contribution is 7.17. The van der Waals surface area contributed by atoms with Gasteiger partial charge in [-0.25, -0.2) is 4.98 Å². The normalized spacial score (nSPS) is 11.8. The van der Waals surface area contributed by atoms with Crippen LogP contribution in [0.5, 0.6) is 0 Å². The van der Waals surface area contributed by atoms with Crippen molar-refractivity contribution in [1.82, 2.24) is 9.38 Å². The number of hydrogen-bond acceptors (Lipinski definition) is 3. The number of nitriles is 1. The third kappa shape index (κ3) is 2.32. The Labute approximate surface area is 134 Å². The maximum Gasteiger partial charge on any atom is 0.194 e. The first-order valence-electron chi connectivity index (χ1n) is 7.37. The lowest BCUT2D eigenvalue weighted by Gasteiger charge is -2.17. The van der Waals surface area contributed by atoms with E-state index in [-0.39, 0.29) is 5.41 Å². The molecule has 0 unspecified atom stereocenters. The van der Waals surface area contributed by atoms with Gasteiger partial charge in [-0.15, -0.1) is 11.3 Å². The van der Waals surface area contributed by atoms with Crippen molar-refractivity contribution in [3.05, 3.63) is 46.6 Å². The lowest BCUT2D eigenvalue weighted by Crippen LogP contribution is -2.15. The Hall–Kier alpha value is -2.12. The van der Waals surface area contributed by atoms with Crippen molar-refractivity contribution in [3.8, 4) is 17.3 Å². The predicted octanol–water partition coefficient (Wildman–Crippen LogP) is 4.73. The molecule has 112 valence electrons. The number of fused-ring (bicyclic) bond motifs is 1. The maximum atomic E-state index is 9.27. The van der Waals surface area contributed by atoms with E-state index in [1.165, 1.54) is 10.4 Å². The average molecular weight is 309 g/mol. The Balaban J connectivity index is 2.37. The summed E-state index contributed by atoms with van der Waals surface area (Å²) in [5.74, 6) is 0. The number of aromatic nitrogens is 2. The number of hydrogen-bond donors (Lipinski definition) is 0. The number of aryl methyl sites for hydroxylation is 1. The van der Waals surface area contributed by atoms with Crippen LogP contribution in [0.25, 0.3) is 16.2 Å². The molecule has 0 spiro atoms. The van der Waals surface area contributed by atoms with Gasteiger partial charge in [-0.3, -0.25) is 4.40 Å². The van der Waals surface area contributed by atoms with Crippen molar-refractivity contribution in [2.75, 3.05) is 0 Å². The van der Waals surface area contributed by atoms with Gasteiger partial charge in [-0.1, -0.05) is 51.1 Å². The van der Waals surface area contributed by atoms with Gasteiger partial charge in [-0.2, -0.15) is 5.26 Å². The molecular formula is C18H19N3S. The smallest absolute Gasteiger partial charge is 0.194 e. The molecule has 3 nitrogen and oxygen atoms in total. The monoisotopic (exact) mass is 309 g/mol. The van der Waals surface area contributed by atoms with E-state index in [2.05, 4.69) is 50.3 Å². The molecule has 0 aliphatic heterocycles. The summed E-state index contributed by atoms with van der Waals surface area (Å²) in [5, 5.41) is 9.27. The van der Waals surface area contributed by atoms with Gasteiger partial charge < -0.3 is 0 Å². The van der Waals surface area contributed by atoms with Gasteiger partial charge in [0.2, 0.25) is 0 Å². The summed E-state index contributed by atoms with van der Waals surface area (Å²) in [6.07, 6.45) is 0.379. The Morgan fingerprint density at radius 1 is 1.23 bits per heavy atom. The van der Waals surface area contributed by atoms with Crippen LogP contribution < -0.4 is 0 Å². The van der Waals surface area contributed by atoms with Crippen LogP contribution in [0.15, 0.2) is 30.3 Å². The van der Waals surface area contributed by atoms with Gasteiger partial charge in [0.05, 0.1) is 29.6 Å². The minimum Gasteiger partial charge on any atom is -0.286 e. The number of nitrogens with zero attached hydrogens (tertiary/aromatic N) is 3. The lowest BCUT2D eigenvalue weighted by molar-refractivity contribution is 0.566. The van der Waals surface area contributed by atoms with Crippen molar-refractivity contribution in [1.29, 1.82) is 5.26 Å². The van der Waals surface area contributed by atoms with Crippen LogP contribution in [0.4, 0.5) is 0 Å². The summed E-state index contributed by atoms with van der Waals surface area (Å²) < 4.78 is 2.18. The van der Waals surface area contributed by atoms with Crippen molar-refractivity contribution in [2.45, 2.75) is 39.5 Å². The van der Waals surface area contributed by atoms with E-state index in [1.807, 2.05) is 18.2 Å². The van der Waals surface area contributed by atoms with E-state index in [4.69, 9.17) is 4.98 Å². The van der Waals surface area contributed by atoms with Gasteiger partial charge in [0.1, 0.15) is 0 Å². The SMILES string of the molecule is Cc1sc2nc(C(C)(C)C)c(CC#N)n2c1-c1ccccc1. The summed E-state index contributed by atoms with van der Waals surface area (Å²) in [7, 11) is 0. The molecule has 0 fully saturated rings. The van der Waals surface area contributed by atoms with Gasteiger partial charge >= 0.3 is 0 Å². The molecule has 0 atom stereocenters. The van der Waals surface area contributed by atoms with E-state index >= 15 is 0 Å². The molecule has 3 aromatic rings. The molecule has 0 saturated carbocycles. The molecule has 4 heteroatoms. The van der Waals surface area contributed by atoms with Crippen molar-refractivity contribution in [3.63, 3.8) is 0 Å². The molecule has 1 aromatic carbocycles. The number of thiazole rings is 1. The molecule has 0 saturated heterocycles. The third-order valence-electron chi connectivity index (χ3n) is 3.75. The summed E-state index contributed by atoms with van der Waals surface area (Å²) in [6.45, 7) is 8.56. The molecule has 2 heterocycles. The van der Waals surface area contributed by atoms with E-state index < -0.39 is 0 Å². The van der Waals surface area contributed by atoms with Gasteiger partial charge in [0.15, 0.2) is 4.96 Å².